The molecule has 1 N–H and O–H groups in total. The minimum Gasteiger partial charge on any atom is -0.493 e. The van der Waals surface area contributed by atoms with Gasteiger partial charge in [0.05, 0.1) is 19.3 Å². The van der Waals surface area contributed by atoms with E-state index in [1.165, 1.54) is 0 Å². The van der Waals surface area contributed by atoms with Gasteiger partial charge in [-0.1, -0.05) is 29.8 Å². The Bertz CT molecular complexity index is 1180. The van der Waals surface area contributed by atoms with Gasteiger partial charge in [-0.05, 0) is 62.1 Å². The van der Waals surface area contributed by atoms with Crippen LogP contribution in [0.3, 0.4) is 0 Å². The van der Waals surface area contributed by atoms with Crippen molar-refractivity contribution >= 4 is 23.4 Å². The number of hydrogen-bond acceptors (Lipinski definition) is 6. The summed E-state index contributed by atoms with van der Waals surface area (Å²) < 4.78 is 17.0. The number of nitrogens with one attached hydrogen (secondary N) is 1. The predicted octanol–water partition coefficient (Wildman–Crippen LogP) is 5.46. The lowest BCUT2D eigenvalue weighted by molar-refractivity contribution is -0.138. The van der Waals surface area contributed by atoms with Crippen molar-refractivity contribution in [1.82, 2.24) is 5.32 Å². The Hall–Kier alpha value is -3.25. The maximum atomic E-state index is 13.0. The largest absolute Gasteiger partial charge is 0.493 e. The lowest BCUT2D eigenvalue weighted by atomic mass is 9.75. The fraction of sp³-hybridized carbons (Fsp3) is 0.333. The Morgan fingerprint density at radius 3 is 2.71 bits per heavy atom. The monoisotopic (exact) mass is 481 g/mol. The van der Waals surface area contributed by atoms with E-state index in [2.05, 4.69) is 5.32 Å². The van der Waals surface area contributed by atoms with Gasteiger partial charge in [-0.2, -0.15) is 0 Å². The molecule has 7 heteroatoms. The molecule has 0 saturated heterocycles. The van der Waals surface area contributed by atoms with E-state index >= 15 is 0 Å². The molecule has 4 rings (SSSR count). The number of halogens is 1. The molecule has 34 heavy (non-hydrogen) atoms. The quantitative estimate of drug-likeness (QED) is 0.529. The number of benzene rings is 2. The van der Waals surface area contributed by atoms with Crippen LogP contribution in [0.1, 0.15) is 50.2 Å². The topological polar surface area (TPSA) is 73.9 Å². The zero-order chi connectivity index (χ0) is 24.2. The van der Waals surface area contributed by atoms with Crippen molar-refractivity contribution in [3.63, 3.8) is 0 Å². The van der Waals surface area contributed by atoms with E-state index in [0.717, 1.165) is 29.7 Å². The molecule has 2 aromatic carbocycles. The number of Topliss-reactive ketones (excluding diaryl/α,β-unsaturated/α-hetero) is 1. The third-order valence-electron chi connectivity index (χ3n) is 6.08. The zero-order valence-corrected chi connectivity index (χ0v) is 20.3. The Labute approximate surface area is 204 Å². The standard InChI is InChI=1S/C27H28ClNO5/c1-4-33-27(31)24-16(2)29-20-9-6-10-21(30)26(20)25(24)18-11-12-22(23(14-18)32-3)34-15-17-7-5-8-19(28)13-17/h5,7-8,11-14,25,29H,4,6,9-10,15H2,1-3H3. The van der Waals surface area contributed by atoms with Crippen molar-refractivity contribution in [3.8, 4) is 11.5 Å². The average Bonchev–Trinajstić information content (AvgIpc) is 2.82. The summed E-state index contributed by atoms with van der Waals surface area (Å²) in [6, 6.07) is 13.0. The van der Waals surface area contributed by atoms with Crippen molar-refractivity contribution < 1.29 is 23.8 Å². The predicted molar refractivity (Wildman–Crippen MR) is 130 cm³/mol. The molecule has 1 aliphatic carbocycles. The van der Waals surface area contributed by atoms with Crippen LogP contribution in [-0.4, -0.2) is 25.5 Å². The summed E-state index contributed by atoms with van der Waals surface area (Å²) in [5.74, 6) is 0.169. The molecule has 1 atom stereocenters. The molecular formula is C27H28ClNO5. The van der Waals surface area contributed by atoms with E-state index < -0.39 is 11.9 Å². The molecule has 2 aromatic rings. The summed E-state index contributed by atoms with van der Waals surface area (Å²) >= 11 is 6.07. The average molecular weight is 482 g/mol. The van der Waals surface area contributed by atoms with Crippen LogP contribution in [0.2, 0.25) is 5.02 Å². The van der Waals surface area contributed by atoms with Gasteiger partial charge < -0.3 is 19.5 Å². The summed E-state index contributed by atoms with van der Waals surface area (Å²) in [7, 11) is 1.57. The number of dihydropyridines is 1. The highest BCUT2D eigenvalue weighted by Crippen LogP contribution is 2.44. The third-order valence-corrected chi connectivity index (χ3v) is 6.31. The lowest BCUT2D eigenvalue weighted by Gasteiger charge is -2.34. The van der Waals surface area contributed by atoms with Gasteiger partial charge in [0.2, 0.25) is 0 Å². The van der Waals surface area contributed by atoms with Crippen molar-refractivity contribution in [2.45, 2.75) is 45.6 Å². The number of carbonyl (C=O) groups is 2. The van der Waals surface area contributed by atoms with Gasteiger partial charge in [0.15, 0.2) is 17.3 Å². The first-order valence-corrected chi connectivity index (χ1v) is 11.8. The van der Waals surface area contributed by atoms with E-state index in [-0.39, 0.29) is 12.4 Å². The normalized spacial score (nSPS) is 17.8. The molecule has 1 aliphatic heterocycles. The van der Waals surface area contributed by atoms with Crippen molar-refractivity contribution in [1.29, 1.82) is 0 Å². The molecule has 6 nitrogen and oxygen atoms in total. The lowest BCUT2D eigenvalue weighted by Crippen LogP contribution is -2.34. The number of esters is 1. The summed E-state index contributed by atoms with van der Waals surface area (Å²) in [6.45, 7) is 4.19. The van der Waals surface area contributed by atoms with Crippen LogP contribution in [0.15, 0.2) is 65.0 Å². The number of rotatable bonds is 7. The third kappa shape index (κ3) is 4.82. The van der Waals surface area contributed by atoms with E-state index in [9.17, 15) is 9.59 Å². The smallest absolute Gasteiger partial charge is 0.336 e. The molecule has 0 radical (unpaired) electrons. The van der Waals surface area contributed by atoms with Gasteiger partial charge in [-0.25, -0.2) is 4.79 Å². The molecule has 0 spiro atoms. The van der Waals surface area contributed by atoms with Crippen LogP contribution < -0.4 is 14.8 Å². The molecule has 178 valence electrons. The second-order valence-corrected chi connectivity index (χ2v) is 8.75. The summed E-state index contributed by atoms with van der Waals surface area (Å²) in [5, 5.41) is 3.93. The number of allylic oxidation sites excluding steroid dienone is 3. The molecule has 2 aliphatic rings. The van der Waals surface area contributed by atoms with Gasteiger partial charge in [0, 0.05) is 34.3 Å². The second kappa shape index (κ2) is 10.3. The number of hydrogen-bond donors (Lipinski definition) is 1. The number of ketones is 1. The molecular weight excluding hydrogens is 454 g/mol. The van der Waals surface area contributed by atoms with Gasteiger partial charge in [-0.3, -0.25) is 4.79 Å². The van der Waals surface area contributed by atoms with Crippen LogP contribution >= 0.6 is 11.6 Å². The van der Waals surface area contributed by atoms with Crippen molar-refractivity contribution in [2.24, 2.45) is 0 Å². The number of ether oxygens (including phenoxy) is 3. The number of methoxy groups -OCH3 is 1. The van der Waals surface area contributed by atoms with Gasteiger partial charge in [0.1, 0.15) is 6.61 Å². The van der Waals surface area contributed by atoms with Gasteiger partial charge in [0.25, 0.3) is 0 Å². The summed E-state index contributed by atoms with van der Waals surface area (Å²) in [6.07, 6.45) is 2.02. The van der Waals surface area contributed by atoms with Gasteiger partial charge in [-0.15, -0.1) is 0 Å². The molecule has 1 heterocycles. The van der Waals surface area contributed by atoms with Crippen molar-refractivity contribution in [2.75, 3.05) is 13.7 Å². The first-order chi connectivity index (χ1) is 16.4. The first-order valence-electron chi connectivity index (χ1n) is 11.4. The van der Waals surface area contributed by atoms with Crippen LogP contribution in [-0.2, 0) is 20.9 Å². The van der Waals surface area contributed by atoms with E-state index in [1.54, 1.807) is 14.0 Å². The Morgan fingerprint density at radius 2 is 1.97 bits per heavy atom. The molecule has 0 bridgehead atoms. The van der Waals surface area contributed by atoms with Gasteiger partial charge >= 0.3 is 5.97 Å². The van der Waals surface area contributed by atoms with Crippen LogP contribution in [0.5, 0.6) is 11.5 Å². The Kier molecular flexibility index (Phi) is 7.27. The zero-order valence-electron chi connectivity index (χ0n) is 19.6. The van der Waals surface area contributed by atoms with E-state index in [0.29, 0.717) is 46.4 Å². The molecule has 0 fully saturated rings. The maximum absolute atomic E-state index is 13.0. The fourth-order valence-electron chi connectivity index (χ4n) is 4.57. The molecule has 0 aromatic heterocycles. The summed E-state index contributed by atoms with van der Waals surface area (Å²) in [4.78, 5) is 26.0. The van der Waals surface area contributed by atoms with Crippen molar-refractivity contribution in [3.05, 3.63) is 81.2 Å². The molecule has 0 amide bonds. The Balaban J connectivity index is 1.71. The maximum Gasteiger partial charge on any atom is 0.336 e. The number of carbonyl (C=O) groups excluding carboxylic acids is 2. The van der Waals surface area contributed by atoms with Crippen LogP contribution in [0.25, 0.3) is 0 Å². The van der Waals surface area contributed by atoms with E-state index in [1.807, 2.05) is 49.4 Å². The molecule has 0 saturated carbocycles. The van der Waals surface area contributed by atoms with Crippen LogP contribution in [0.4, 0.5) is 0 Å². The van der Waals surface area contributed by atoms with Crippen LogP contribution in [0, 0.1) is 0 Å². The first kappa shape index (κ1) is 23.9. The minimum absolute atomic E-state index is 0.0494. The highest BCUT2D eigenvalue weighted by Gasteiger charge is 2.39. The molecule has 1 unspecified atom stereocenters. The highest BCUT2D eigenvalue weighted by atomic mass is 35.5. The highest BCUT2D eigenvalue weighted by molar-refractivity contribution is 6.30. The fourth-order valence-corrected chi connectivity index (χ4v) is 4.78. The SMILES string of the molecule is CCOC(=O)C1=C(C)NC2=C(C(=O)CCC2)C1c1ccc(OCc2cccc(Cl)c2)c(OC)c1. The minimum atomic E-state index is -0.529. The van der Waals surface area contributed by atoms with E-state index in [4.69, 9.17) is 25.8 Å². The summed E-state index contributed by atoms with van der Waals surface area (Å²) in [5.41, 5.74) is 4.38. The second-order valence-electron chi connectivity index (χ2n) is 8.32. The Morgan fingerprint density at radius 1 is 1.15 bits per heavy atom.